The summed E-state index contributed by atoms with van der Waals surface area (Å²) in [5.74, 6) is 0.185. The molecule has 0 aromatic heterocycles. The van der Waals surface area contributed by atoms with Crippen LogP contribution < -0.4 is 5.32 Å². The summed E-state index contributed by atoms with van der Waals surface area (Å²) in [6, 6.07) is 7.28. The Labute approximate surface area is 136 Å². The number of rotatable bonds is 3. The monoisotopic (exact) mass is 317 g/mol. The van der Waals surface area contributed by atoms with Gasteiger partial charge in [-0.3, -0.25) is 4.79 Å². The number of hydrogen-bond acceptors (Lipinski definition) is 3. The number of amides is 1. The Balaban J connectivity index is 2.08. The molecule has 0 bridgehead atoms. The zero-order chi connectivity index (χ0) is 16.1. The Bertz CT molecular complexity index is 633. The van der Waals surface area contributed by atoms with Gasteiger partial charge in [0, 0.05) is 30.0 Å². The third-order valence-corrected chi connectivity index (χ3v) is 4.20. The van der Waals surface area contributed by atoms with Crippen molar-refractivity contribution in [2.75, 3.05) is 18.4 Å². The number of carbonyl (C=O) groups is 1. The van der Waals surface area contributed by atoms with Gasteiger partial charge in [-0.1, -0.05) is 24.6 Å². The van der Waals surface area contributed by atoms with Crippen LogP contribution in [0.4, 0.5) is 5.69 Å². The Morgan fingerprint density at radius 2 is 2.32 bits per heavy atom. The maximum Gasteiger partial charge on any atom is 0.267 e. The number of nitrogens with zero attached hydrogens (tertiary/aromatic N) is 2. The number of piperidine rings is 1. The molecule has 2 rings (SSSR count). The van der Waals surface area contributed by atoms with Crippen LogP contribution in [0.25, 0.3) is 0 Å². The van der Waals surface area contributed by atoms with Crippen molar-refractivity contribution in [2.24, 2.45) is 5.92 Å². The molecule has 1 atom stereocenters. The fourth-order valence-electron chi connectivity index (χ4n) is 2.53. The fraction of sp³-hybridized carbons (Fsp3) is 0.412. The minimum Gasteiger partial charge on any atom is -0.376 e. The topological polar surface area (TPSA) is 56.1 Å². The largest absolute Gasteiger partial charge is 0.376 e. The summed E-state index contributed by atoms with van der Waals surface area (Å²) in [4.78, 5) is 14.3. The van der Waals surface area contributed by atoms with Crippen molar-refractivity contribution in [1.82, 2.24) is 4.90 Å². The van der Waals surface area contributed by atoms with Crippen molar-refractivity contribution in [2.45, 2.75) is 26.7 Å². The molecule has 0 saturated carbocycles. The first-order valence-corrected chi connectivity index (χ1v) is 7.81. The zero-order valence-electron chi connectivity index (χ0n) is 12.9. The van der Waals surface area contributed by atoms with Gasteiger partial charge in [-0.25, -0.2) is 0 Å². The Morgan fingerprint density at radius 1 is 1.55 bits per heavy atom. The Hall–Kier alpha value is -1.99. The molecule has 116 valence electrons. The molecule has 1 aliphatic rings. The van der Waals surface area contributed by atoms with Gasteiger partial charge >= 0.3 is 0 Å². The smallest absolute Gasteiger partial charge is 0.267 e. The van der Waals surface area contributed by atoms with Crippen molar-refractivity contribution in [3.63, 3.8) is 0 Å². The van der Waals surface area contributed by atoms with Gasteiger partial charge in [0.2, 0.25) is 0 Å². The van der Waals surface area contributed by atoms with Crippen LogP contribution in [0.2, 0.25) is 5.02 Å². The molecule has 1 aliphatic heterocycles. The maximum atomic E-state index is 12.2. The number of likely N-dealkylation sites (tertiary alicyclic amines) is 1. The maximum absolute atomic E-state index is 12.2. The van der Waals surface area contributed by atoms with Crippen LogP contribution in [-0.4, -0.2) is 23.9 Å². The molecule has 1 fully saturated rings. The molecule has 1 aromatic rings. The molecule has 5 heteroatoms. The number of anilines is 1. The molecule has 0 spiro atoms. The zero-order valence-corrected chi connectivity index (χ0v) is 13.7. The van der Waals surface area contributed by atoms with E-state index in [1.165, 1.54) is 6.42 Å². The molecule has 1 heterocycles. The van der Waals surface area contributed by atoms with Crippen LogP contribution in [0.1, 0.15) is 25.3 Å². The first-order valence-electron chi connectivity index (χ1n) is 7.43. The lowest BCUT2D eigenvalue weighted by atomic mass is 10.0. The van der Waals surface area contributed by atoms with Crippen LogP contribution in [0, 0.1) is 24.2 Å². The van der Waals surface area contributed by atoms with E-state index >= 15 is 0 Å². The minimum atomic E-state index is -0.402. The second-order valence-electron chi connectivity index (χ2n) is 5.82. The normalized spacial score (nSPS) is 18.7. The number of benzene rings is 1. The summed E-state index contributed by atoms with van der Waals surface area (Å²) in [5, 5.41) is 12.5. The Morgan fingerprint density at radius 3 is 2.95 bits per heavy atom. The van der Waals surface area contributed by atoms with Crippen LogP contribution in [-0.2, 0) is 4.79 Å². The SMILES string of the molecule is Cc1ccc(NC(=O)/C(C#N)=C\N2CCCC(C)C2)cc1Cl. The number of nitrogens with one attached hydrogen (secondary N) is 1. The molecular formula is C17H20ClN3O. The lowest BCUT2D eigenvalue weighted by molar-refractivity contribution is -0.112. The average molecular weight is 318 g/mol. The highest BCUT2D eigenvalue weighted by molar-refractivity contribution is 6.31. The average Bonchev–Trinajstić information content (AvgIpc) is 2.48. The summed E-state index contributed by atoms with van der Waals surface area (Å²) in [5.41, 5.74) is 1.65. The molecule has 1 N–H and O–H groups in total. The highest BCUT2D eigenvalue weighted by Gasteiger charge is 2.17. The molecule has 1 saturated heterocycles. The van der Waals surface area contributed by atoms with Gasteiger partial charge < -0.3 is 10.2 Å². The summed E-state index contributed by atoms with van der Waals surface area (Å²) >= 11 is 6.04. The molecule has 1 aromatic carbocycles. The summed E-state index contributed by atoms with van der Waals surface area (Å²) < 4.78 is 0. The van der Waals surface area contributed by atoms with E-state index < -0.39 is 5.91 Å². The van der Waals surface area contributed by atoms with Gasteiger partial charge in [-0.2, -0.15) is 5.26 Å². The van der Waals surface area contributed by atoms with Crippen molar-refractivity contribution in [3.8, 4) is 6.07 Å². The second kappa shape index (κ2) is 7.33. The van der Waals surface area contributed by atoms with Crippen LogP contribution in [0.15, 0.2) is 30.0 Å². The predicted octanol–water partition coefficient (Wildman–Crippen LogP) is 3.73. The highest BCUT2D eigenvalue weighted by atomic mass is 35.5. The van der Waals surface area contributed by atoms with E-state index in [4.69, 9.17) is 11.6 Å². The number of nitriles is 1. The number of halogens is 1. The molecule has 22 heavy (non-hydrogen) atoms. The second-order valence-corrected chi connectivity index (χ2v) is 6.22. The number of aryl methyl sites for hydroxylation is 1. The van der Waals surface area contributed by atoms with E-state index in [1.54, 1.807) is 18.3 Å². The third kappa shape index (κ3) is 4.25. The van der Waals surface area contributed by atoms with Gasteiger partial charge in [0.1, 0.15) is 11.6 Å². The van der Waals surface area contributed by atoms with Gasteiger partial charge in [0.05, 0.1) is 0 Å². The van der Waals surface area contributed by atoms with E-state index in [2.05, 4.69) is 17.1 Å². The lowest BCUT2D eigenvalue weighted by Gasteiger charge is -2.29. The number of carbonyl (C=O) groups excluding carboxylic acids is 1. The lowest BCUT2D eigenvalue weighted by Crippen LogP contribution is -2.31. The predicted molar refractivity (Wildman–Crippen MR) is 88.5 cm³/mol. The van der Waals surface area contributed by atoms with E-state index in [0.29, 0.717) is 16.6 Å². The molecule has 0 aliphatic carbocycles. The van der Waals surface area contributed by atoms with E-state index in [9.17, 15) is 10.1 Å². The van der Waals surface area contributed by atoms with E-state index in [1.807, 2.05) is 19.1 Å². The molecule has 1 amide bonds. The van der Waals surface area contributed by atoms with Crippen LogP contribution >= 0.6 is 11.6 Å². The molecule has 1 unspecified atom stereocenters. The van der Waals surface area contributed by atoms with E-state index in [-0.39, 0.29) is 5.57 Å². The Kier molecular flexibility index (Phi) is 5.46. The molecule has 4 nitrogen and oxygen atoms in total. The third-order valence-electron chi connectivity index (χ3n) is 3.79. The van der Waals surface area contributed by atoms with Crippen LogP contribution in [0.5, 0.6) is 0 Å². The van der Waals surface area contributed by atoms with Crippen molar-refractivity contribution < 1.29 is 4.79 Å². The summed E-state index contributed by atoms with van der Waals surface area (Å²) in [7, 11) is 0. The number of hydrogen-bond donors (Lipinski definition) is 1. The van der Waals surface area contributed by atoms with Crippen molar-refractivity contribution in [1.29, 1.82) is 5.26 Å². The van der Waals surface area contributed by atoms with Crippen LogP contribution in [0.3, 0.4) is 0 Å². The molecular weight excluding hydrogens is 298 g/mol. The summed E-state index contributed by atoms with van der Waals surface area (Å²) in [6.45, 7) is 5.85. The first kappa shape index (κ1) is 16.4. The van der Waals surface area contributed by atoms with Gasteiger partial charge in [-0.05, 0) is 43.4 Å². The summed E-state index contributed by atoms with van der Waals surface area (Å²) in [6.07, 6.45) is 3.95. The quantitative estimate of drug-likeness (QED) is 0.682. The van der Waals surface area contributed by atoms with Crippen molar-refractivity contribution >= 4 is 23.2 Å². The minimum absolute atomic E-state index is 0.116. The van der Waals surface area contributed by atoms with Gasteiger partial charge in [-0.15, -0.1) is 0 Å². The van der Waals surface area contributed by atoms with Gasteiger partial charge in [0.15, 0.2) is 0 Å². The van der Waals surface area contributed by atoms with E-state index in [0.717, 1.165) is 25.1 Å². The highest BCUT2D eigenvalue weighted by Crippen LogP contribution is 2.21. The van der Waals surface area contributed by atoms with Gasteiger partial charge in [0.25, 0.3) is 5.91 Å². The molecule has 0 radical (unpaired) electrons. The fourth-order valence-corrected chi connectivity index (χ4v) is 2.71. The van der Waals surface area contributed by atoms with Crippen molar-refractivity contribution in [3.05, 3.63) is 40.6 Å². The first-order chi connectivity index (χ1) is 10.5. The standard InChI is InChI=1S/C17H20ClN3O/c1-12-4-3-7-21(10-12)11-14(9-19)17(22)20-15-6-5-13(2)16(18)8-15/h5-6,8,11-12H,3-4,7,10H2,1-2H3,(H,20,22)/b14-11-.